The summed E-state index contributed by atoms with van der Waals surface area (Å²) in [6.45, 7) is 0. The van der Waals surface area contributed by atoms with Gasteiger partial charge in [-0.15, -0.1) is 0 Å². The van der Waals surface area contributed by atoms with Crippen LogP contribution in [0.25, 0.3) is 0 Å². The van der Waals surface area contributed by atoms with E-state index < -0.39 is 5.82 Å². The minimum atomic E-state index is -0.581. The van der Waals surface area contributed by atoms with Gasteiger partial charge in [-0.1, -0.05) is 47.1 Å². The van der Waals surface area contributed by atoms with E-state index in [0.717, 1.165) is 11.6 Å². The first-order valence-electron chi connectivity index (χ1n) is 8.00. The smallest absolute Gasteiger partial charge is 0.180 e. The van der Waals surface area contributed by atoms with Crippen LogP contribution in [0.2, 0.25) is 5.02 Å². The average Bonchev–Trinajstić information content (AvgIpc) is 3.11. The molecule has 0 bridgehead atoms. The molecule has 1 aromatic heterocycles. The Morgan fingerprint density at radius 2 is 2.00 bits per heavy atom. The summed E-state index contributed by atoms with van der Waals surface area (Å²) < 4.78 is 18.2. The molecule has 27 heavy (non-hydrogen) atoms. The predicted molar refractivity (Wildman–Crippen MR) is 97.9 cm³/mol. The van der Waals surface area contributed by atoms with Gasteiger partial charge < -0.3 is 4.52 Å². The first kappa shape index (κ1) is 18.8. The Labute approximate surface area is 159 Å². The molecule has 8 heteroatoms. The fraction of sp³-hybridized carbons (Fsp3) is 0.105. The van der Waals surface area contributed by atoms with E-state index in [1.165, 1.54) is 18.4 Å². The molecule has 6 nitrogen and oxygen atoms in total. The fourth-order valence-electron chi connectivity index (χ4n) is 2.49. The van der Waals surface area contributed by atoms with E-state index in [1.54, 1.807) is 0 Å². The molecule has 1 heterocycles. The van der Waals surface area contributed by atoms with Crippen LogP contribution in [-0.4, -0.2) is 22.0 Å². The maximum absolute atomic E-state index is 13.3. The summed E-state index contributed by atoms with van der Waals surface area (Å²) in [5.41, 5.74) is 3.76. The topological polar surface area (TPSA) is 87.7 Å². The maximum Gasteiger partial charge on any atom is 0.180 e. The molecule has 3 aromatic rings. The van der Waals surface area contributed by atoms with Crippen LogP contribution in [0.15, 0.2) is 64.3 Å². The lowest BCUT2D eigenvalue weighted by Gasteiger charge is -2.05. The number of nitrogens with one attached hydrogen (secondary N) is 1. The Morgan fingerprint density at radius 3 is 2.70 bits per heavy atom. The van der Waals surface area contributed by atoms with Gasteiger partial charge in [-0.3, -0.25) is 15.5 Å². The number of hydroxylamine groups is 1. The van der Waals surface area contributed by atoms with Crippen molar-refractivity contribution >= 4 is 28.9 Å². The van der Waals surface area contributed by atoms with Gasteiger partial charge in [-0.05, 0) is 23.8 Å². The Balaban J connectivity index is 1.80. The summed E-state index contributed by atoms with van der Waals surface area (Å²) in [5, 5.41) is 13.1. The second-order valence-electron chi connectivity index (χ2n) is 5.74. The second-order valence-corrected chi connectivity index (χ2v) is 6.14. The van der Waals surface area contributed by atoms with E-state index in [4.69, 9.17) is 16.1 Å². The lowest BCUT2D eigenvalue weighted by Crippen LogP contribution is -2.22. The number of carbonyl (C=O) groups is 1. The van der Waals surface area contributed by atoms with Crippen molar-refractivity contribution in [2.24, 2.45) is 4.99 Å². The molecular weight excluding hydrogens is 373 g/mol. The second kappa shape index (κ2) is 8.57. The van der Waals surface area contributed by atoms with Crippen molar-refractivity contribution in [3.05, 3.63) is 82.5 Å². The van der Waals surface area contributed by atoms with E-state index in [2.05, 4.69) is 10.1 Å². The highest BCUT2D eigenvalue weighted by molar-refractivity contribution is 6.31. The van der Waals surface area contributed by atoms with Gasteiger partial charge in [0.1, 0.15) is 17.9 Å². The van der Waals surface area contributed by atoms with Crippen LogP contribution in [0.1, 0.15) is 16.8 Å². The Hall–Kier alpha value is -3.03. The zero-order chi connectivity index (χ0) is 19.2. The van der Waals surface area contributed by atoms with Crippen LogP contribution in [0.5, 0.6) is 0 Å². The molecule has 0 radical (unpaired) electrons. The van der Waals surface area contributed by atoms with E-state index in [9.17, 15) is 14.4 Å². The standard InChI is InChI=1S/C19H15ClFN3O3/c20-16-10-14(6-7-17(16)21)22-19(23-26)18-13(11-27-24-18)9-15(25)8-12-4-2-1-3-5-12/h1-7,10-11,26H,8-9H2,(H,22,23). The number of hydrogen-bond donors (Lipinski definition) is 2. The van der Waals surface area contributed by atoms with Crippen LogP contribution < -0.4 is 5.48 Å². The third kappa shape index (κ3) is 4.78. The Morgan fingerprint density at radius 1 is 1.22 bits per heavy atom. The number of ketones is 1. The largest absolute Gasteiger partial charge is 0.364 e. The van der Waals surface area contributed by atoms with Gasteiger partial charge in [0.2, 0.25) is 0 Å². The summed E-state index contributed by atoms with van der Waals surface area (Å²) in [5.74, 6) is -0.676. The molecule has 0 saturated carbocycles. The van der Waals surface area contributed by atoms with E-state index >= 15 is 0 Å². The van der Waals surface area contributed by atoms with Gasteiger partial charge in [0.25, 0.3) is 0 Å². The van der Waals surface area contributed by atoms with Crippen LogP contribution >= 0.6 is 11.6 Å². The van der Waals surface area contributed by atoms with Gasteiger partial charge >= 0.3 is 0 Å². The molecule has 0 aliphatic carbocycles. The minimum Gasteiger partial charge on any atom is -0.364 e. The molecule has 138 valence electrons. The lowest BCUT2D eigenvalue weighted by atomic mass is 10.0. The van der Waals surface area contributed by atoms with Crippen molar-refractivity contribution in [1.29, 1.82) is 0 Å². The normalized spacial score (nSPS) is 11.4. The Kier molecular flexibility index (Phi) is 5.95. The van der Waals surface area contributed by atoms with Gasteiger partial charge in [0.05, 0.1) is 10.7 Å². The van der Waals surface area contributed by atoms with Crippen LogP contribution in [0.4, 0.5) is 10.1 Å². The number of aromatic nitrogens is 1. The van der Waals surface area contributed by atoms with Crippen LogP contribution in [0, 0.1) is 5.82 Å². The molecule has 0 unspecified atom stereocenters. The molecule has 0 amide bonds. The highest BCUT2D eigenvalue weighted by Gasteiger charge is 2.17. The molecule has 0 fully saturated rings. The van der Waals surface area contributed by atoms with Crippen molar-refractivity contribution in [2.75, 3.05) is 0 Å². The molecule has 2 aromatic carbocycles. The molecule has 3 rings (SSSR count). The maximum atomic E-state index is 13.3. The van der Waals surface area contributed by atoms with Crippen molar-refractivity contribution < 1.29 is 18.9 Å². The van der Waals surface area contributed by atoms with Gasteiger partial charge in [0, 0.05) is 18.4 Å². The molecular formula is C19H15ClFN3O3. The molecule has 0 spiro atoms. The quantitative estimate of drug-likeness (QED) is 0.381. The van der Waals surface area contributed by atoms with Crippen molar-refractivity contribution in [2.45, 2.75) is 12.8 Å². The third-order valence-electron chi connectivity index (χ3n) is 3.75. The summed E-state index contributed by atoms with van der Waals surface area (Å²) in [7, 11) is 0. The number of halogens is 2. The number of rotatable bonds is 6. The number of aliphatic imine (C=N–C) groups is 1. The molecule has 0 atom stereocenters. The van der Waals surface area contributed by atoms with Gasteiger partial charge in [0.15, 0.2) is 11.5 Å². The number of Topliss-reactive ketones (excluding diaryl/α,β-unsaturated/α-hetero) is 1. The SMILES string of the molecule is O=C(Cc1ccccc1)Cc1conc1C(=Nc1ccc(F)c(Cl)c1)NO. The first-order chi connectivity index (χ1) is 13.1. The van der Waals surface area contributed by atoms with Crippen LogP contribution in [0.3, 0.4) is 0 Å². The van der Waals surface area contributed by atoms with Crippen molar-refractivity contribution in [3.8, 4) is 0 Å². The van der Waals surface area contributed by atoms with E-state index in [1.807, 2.05) is 35.8 Å². The molecule has 0 saturated heterocycles. The summed E-state index contributed by atoms with van der Waals surface area (Å²) in [6.07, 6.45) is 1.64. The number of nitrogens with zero attached hydrogens (tertiary/aromatic N) is 2. The lowest BCUT2D eigenvalue weighted by molar-refractivity contribution is -0.117. The third-order valence-corrected chi connectivity index (χ3v) is 4.04. The molecule has 2 N–H and O–H groups in total. The highest BCUT2D eigenvalue weighted by Crippen LogP contribution is 2.22. The highest BCUT2D eigenvalue weighted by atomic mass is 35.5. The van der Waals surface area contributed by atoms with E-state index in [0.29, 0.717) is 11.3 Å². The Bertz CT molecular complexity index is 973. The average molecular weight is 388 g/mol. The fourth-order valence-corrected chi connectivity index (χ4v) is 2.67. The van der Waals surface area contributed by atoms with Gasteiger partial charge in [-0.2, -0.15) is 0 Å². The molecule has 0 aliphatic rings. The van der Waals surface area contributed by atoms with Gasteiger partial charge in [-0.25, -0.2) is 9.38 Å². The number of hydrogen-bond acceptors (Lipinski definition) is 5. The zero-order valence-corrected chi connectivity index (χ0v) is 14.8. The van der Waals surface area contributed by atoms with Crippen molar-refractivity contribution in [1.82, 2.24) is 10.6 Å². The van der Waals surface area contributed by atoms with E-state index in [-0.39, 0.29) is 35.2 Å². The monoisotopic (exact) mass is 387 g/mol. The summed E-state index contributed by atoms with van der Waals surface area (Å²) in [4.78, 5) is 16.5. The van der Waals surface area contributed by atoms with Crippen molar-refractivity contribution in [3.63, 3.8) is 0 Å². The number of carbonyl (C=O) groups excluding carboxylic acids is 1. The minimum absolute atomic E-state index is 0.0473. The number of benzene rings is 2. The summed E-state index contributed by atoms with van der Waals surface area (Å²) >= 11 is 5.74. The number of amidine groups is 1. The summed E-state index contributed by atoms with van der Waals surface area (Å²) in [6, 6.07) is 13.2. The molecule has 0 aliphatic heterocycles. The zero-order valence-electron chi connectivity index (χ0n) is 14.0. The first-order valence-corrected chi connectivity index (χ1v) is 8.37. The predicted octanol–water partition coefficient (Wildman–Crippen LogP) is 3.88. The van der Waals surface area contributed by atoms with Crippen LogP contribution in [-0.2, 0) is 17.6 Å².